The second-order valence-corrected chi connectivity index (χ2v) is 14.0. The minimum atomic E-state index is -4.43. The first-order valence-corrected chi connectivity index (χ1v) is 16.7. The SMILES string of the molecule is CC1(C)CC(OCCNc2cccc(S(=O)(=O)NC(=O)c3ccc(-n4ccc(OCCC5CC5C(F)(F)F)n4)nc3Cl)n2)CN1C(=O)O. The fourth-order valence-corrected chi connectivity index (χ4v) is 6.61. The molecule has 0 spiro atoms. The highest BCUT2D eigenvalue weighted by molar-refractivity contribution is 7.90. The standard InChI is InChI=1S/C29H33ClF3N7O7S/c1-28(2)15-18(16-39(28)27(42)43)46-13-10-34-21-4-3-5-24(35-21)48(44,45)38-26(41)19-6-7-22(36-25(19)30)40-11-8-23(37-40)47-12-9-17-14-20(17)29(31,32)33/h3-8,11,17-18,20H,9-10,12-16H2,1-2H3,(H,34,35)(H,38,41)(H,42,43). The summed E-state index contributed by atoms with van der Waals surface area (Å²) < 4.78 is 78.5. The predicted octanol–water partition coefficient (Wildman–Crippen LogP) is 4.36. The Kier molecular flexibility index (Phi) is 10.1. The largest absolute Gasteiger partial charge is 0.477 e. The van der Waals surface area contributed by atoms with Crippen molar-refractivity contribution in [2.45, 2.75) is 56.0 Å². The number of ether oxygens (including phenoxy) is 2. The number of hydrogen-bond donors (Lipinski definition) is 3. The predicted molar refractivity (Wildman–Crippen MR) is 165 cm³/mol. The lowest BCUT2D eigenvalue weighted by atomic mass is 10.0. The number of anilines is 1. The molecular formula is C29H33ClF3N7O7S. The zero-order valence-electron chi connectivity index (χ0n) is 25.8. The van der Waals surface area contributed by atoms with E-state index in [9.17, 15) is 36.3 Å². The van der Waals surface area contributed by atoms with Crippen LogP contribution in [0.15, 0.2) is 47.6 Å². The Morgan fingerprint density at radius 2 is 1.92 bits per heavy atom. The summed E-state index contributed by atoms with van der Waals surface area (Å²) in [7, 11) is -4.43. The summed E-state index contributed by atoms with van der Waals surface area (Å²) in [5.41, 5.74) is -0.784. The number of likely N-dealkylation sites (tertiary alicyclic amines) is 1. The van der Waals surface area contributed by atoms with Gasteiger partial charge in [-0.15, -0.1) is 5.10 Å². The topological polar surface area (TPSA) is 178 Å². The van der Waals surface area contributed by atoms with Crippen LogP contribution in [0, 0.1) is 11.8 Å². The summed E-state index contributed by atoms with van der Waals surface area (Å²) in [5.74, 6) is -2.25. The van der Waals surface area contributed by atoms with Crippen molar-refractivity contribution in [2.75, 3.05) is 31.6 Å². The van der Waals surface area contributed by atoms with Crippen LogP contribution in [0.2, 0.25) is 5.15 Å². The van der Waals surface area contributed by atoms with E-state index in [0.29, 0.717) is 6.42 Å². The smallest absolute Gasteiger partial charge is 0.407 e. The van der Waals surface area contributed by atoms with Crippen molar-refractivity contribution in [2.24, 2.45) is 11.8 Å². The lowest BCUT2D eigenvalue weighted by Gasteiger charge is -2.27. The zero-order chi connectivity index (χ0) is 34.9. The molecule has 0 radical (unpaired) electrons. The molecular weight excluding hydrogens is 683 g/mol. The second-order valence-electron chi connectivity index (χ2n) is 12.0. The van der Waals surface area contributed by atoms with Gasteiger partial charge in [-0.05, 0) is 63.3 Å². The highest BCUT2D eigenvalue weighted by Gasteiger charge is 2.55. The number of nitrogens with zero attached hydrogens (tertiary/aromatic N) is 5. The number of carbonyl (C=O) groups excluding carboxylic acids is 1. The second kappa shape index (κ2) is 13.8. The Labute approximate surface area is 278 Å². The van der Waals surface area contributed by atoms with E-state index >= 15 is 0 Å². The van der Waals surface area contributed by atoms with Crippen LogP contribution in [0.25, 0.3) is 5.82 Å². The molecule has 1 aliphatic heterocycles. The highest BCUT2D eigenvalue weighted by atomic mass is 35.5. The van der Waals surface area contributed by atoms with Crippen molar-refractivity contribution < 1.29 is 45.8 Å². The number of pyridine rings is 2. The molecule has 3 N–H and O–H groups in total. The first-order chi connectivity index (χ1) is 22.5. The summed E-state index contributed by atoms with van der Waals surface area (Å²) >= 11 is 6.21. The molecule has 0 aromatic carbocycles. The van der Waals surface area contributed by atoms with Crippen molar-refractivity contribution in [3.63, 3.8) is 0 Å². The number of carboxylic acid groups (broad SMARTS) is 1. The number of nitrogens with one attached hydrogen (secondary N) is 2. The molecule has 4 heterocycles. The summed E-state index contributed by atoms with van der Waals surface area (Å²) in [6.45, 7) is 4.43. The van der Waals surface area contributed by atoms with E-state index in [4.69, 9.17) is 21.1 Å². The number of carbonyl (C=O) groups is 2. The molecule has 2 fully saturated rings. The first kappa shape index (κ1) is 35.2. The third kappa shape index (κ3) is 8.46. The van der Waals surface area contributed by atoms with Crippen LogP contribution in [-0.4, -0.2) is 94.3 Å². The Balaban J connectivity index is 1.11. The molecule has 19 heteroatoms. The van der Waals surface area contributed by atoms with Gasteiger partial charge in [-0.1, -0.05) is 17.7 Å². The van der Waals surface area contributed by atoms with Crippen molar-refractivity contribution in [1.29, 1.82) is 0 Å². The van der Waals surface area contributed by atoms with Gasteiger partial charge in [0.25, 0.3) is 15.9 Å². The van der Waals surface area contributed by atoms with E-state index in [1.54, 1.807) is 0 Å². The number of hydrogen-bond acceptors (Lipinski definition) is 10. The lowest BCUT2D eigenvalue weighted by molar-refractivity contribution is -0.151. The van der Waals surface area contributed by atoms with Crippen LogP contribution in [-0.2, 0) is 14.8 Å². The van der Waals surface area contributed by atoms with Gasteiger partial charge in [-0.2, -0.15) is 21.6 Å². The van der Waals surface area contributed by atoms with E-state index in [1.807, 2.05) is 18.6 Å². The quantitative estimate of drug-likeness (QED) is 0.169. The number of halogens is 4. The van der Waals surface area contributed by atoms with E-state index < -0.39 is 50.6 Å². The number of alkyl halides is 3. The third-order valence-corrected chi connectivity index (χ3v) is 9.54. The molecule has 1 saturated heterocycles. The molecule has 3 atom stereocenters. The van der Waals surface area contributed by atoms with Crippen LogP contribution >= 0.6 is 11.6 Å². The van der Waals surface area contributed by atoms with Crippen LogP contribution in [0.5, 0.6) is 5.88 Å². The van der Waals surface area contributed by atoms with Crippen LogP contribution in [0.4, 0.5) is 23.8 Å². The van der Waals surface area contributed by atoms with Gasteiger partial charge in [0.2, 0.25) is 5.88 Å². The molecule has 5 rings (SSSR count). The minimum Gasteiger partial charge on any atom is -0.477 e. The molecule has 260 valence electrons. The van der Waals surface area contributed by atoms with Gasteiger partial charge in [0.1, 0.15) is 11.0 Å². The maximum atomic E-state index is 13.0. The lowest BCUT2D eigenvalue weighted by Crippen LogP contribution is -2.41. The van der Waals surface area contributed by atoms with Crippen LogP contribution < -0.4 is 14.8 Å². The monoisotopic (exact) mass is 715 g/mol. The molecule has 2 amide bonds. The van der Waals surface area contributed by atoms with Crippen molar-refractivity contribution in [3.05, 3.63) is 53.3 Å². The van der Waals surface area contributed by atoms with Crippen LogP contribution in [0.3, 0.4) is 0 Å². The average Bonchev–Trinajstić information content (AvgIpc) is 3.53. The van der Waals surface area contributed by atoms with Crippen molar-refractivity contribution in [3.8, 4) is 11.7 Å². The van der Waals surface area contributed by atoms with Gasteiger partial charge in [0, 0.05) is 24.3 Å². The maximum absolute atomic E-state index is 13.0. The Morgan fingerprint density at radius 3 is 2.58 bits per heavy atom. The Bertz CT molecular complexity index is 1770. The molecule has 3 aromatic rings. The van der Waals surface area contributed by atoms with Gasteiger partial charge in [-0.25, -0.2) is 24.2 Å². The van der Waals surface area contributed by atoms with E-state index in [1.165, 1.54) is 52.2 Å². The average molecular weight is 716 g/mol. The molecule has 48 heavy (non-hydrogen) atoms. The highest BCUT2D eigenvalue weighted by Crippen LogP contribution is 2.51. The molecule has 0 bridgehead atoms. The normalized spacial score (nSPS) is 20.4. The fraction of sp³-hybridized carbons (Fsp3) is 0.483. The molecule has 3 unspecified atom stereocenters. The molecule has 14 nitrogen and oxygen atoms in total. The van der Waals surface area contributed by atoms with E-state index in [-0.39, 0.29) is 73.5 Å². The zero-order valence-corrected chi connectivity index (χ0v) is 27.3. The number of rotatable bonds is 13. The van der Waals surface area contributed by atoms with Crippen molar-refractivity contribution >= 4 is 39.4 Å². The van der Waals surface area contributed by atoms with E-state index in [2.05, 4.69) is 20.4 Å². The summed E-state index contributed by atoms with van der Waals surface area (Å²) in [6.07, 6.45) is -3.13. The molecule has 1 aliphatic carbocycles. The Morgan fingerprint density at radius 1 is 1.15 bits per heavy atom. The number of amides is 2. The van der Waals surface area contributed by atoms with Crippen LogP contribution in [0.1, 0.15) is 43.5 Å². The summed E-state index contributed by atoms with van der Waals surface area (Å²) in [5, 5.41) is 15.7. The number of sulfonamides is 1. The summed E-state index contributed by atoms with van der Waals surface area (Å²) in [6, 6.07) is 8.31. The fourth-order valence-electron chi connectivity index (χ4n) is 5.44. The van der Waals surface area contributed by atoms with Gasteiger partial charge >= 0.3 is 12.3 Å². The Hall–Kier alpha value is -4.16. The summed E-state index contributed by atoms with van der Waals surface area (Å²) in [4.78, 5) is 33.8. The molecule has 3 aromatic heterocycles. The van der Waals surface area contributed by atoms with Gasteiger partial charge < -0.3 is 24.8 Å². The minimum absolute atomic E-state index is 0.0620. The van der Waals surface area contributed by atoms with E-state index in [0.717, 1.165) is 0 Å². The maximum Gasteiger partial charge on any atom is 0.407 e. The molecule has 1 saturated carbocycles. The first-order valence-electron chi connectivity index (χ1n) is 14.9. The van der Waals surface area contributed by atoms with Gasteiger partial charge in [0.15, 0.2) is 10.8 Å². The third-order valence-electron chi connectivity index (χ3n) is 8.02. The number of aromatic nitrogens is 4. The van der Waals surface area contributed by atoms with Gasteiger partial charge in [0.05, 0.1) is 37.3 Å². The van der Waals surface area contributed by atoms with Gasteiger partial charge in [-0.3, -0.25) is 4.79 Å². The van der Waals surface area contributed by atoms with Crippen molar-refractivity contribution in [1.82, 2.24) is 29.4 Å². The molecule has 2 aliphatic rings.